The third kappa shape index (κ3) is 11.1. The Morgan fingerprint density at radius 1 is 1.17 bits per heavy atom. The summed E-state index contributed by atoms with van der Waals surface area (Å²) in [6.07, 6.45) is 4.25. The van der Waals surface area contributed by atoms with Crippen molar-refractivity contribution in [3.05, 3.63) is 66.0 Å². The van der Waals surface area contributed by atoms with Gasteiger partial charge in [0.1, 0.15) is 5.56 Å². The molecule has 0 aliphatic rings. The Morgan fingerprint density at radius 2 is 1.77 bits per heavy atom. The number of pyridine rings is 1. The van der Waals surface area contributed by atoms with Crippen molar-refractivity contribution >= 4 is 22.1 Å². The van der Waals surface area contributed by atoms with Gasteiger partial charge in [-0.25, -0.2) is 13.2 Å². The first-order valence-corrected chi connectivity index (χ1v) is 10.9. The second-order valence-electron chi connectivity index (χ2n) is 6.81. The van der Waals surface area contributed by atoms with E-state index in [1.165, 1.54) is 4.90 Å². The van der Waals surface area contributed by atoms with Crippen molar-refractivity contribution in [1.29, 1.82) is 0 Å². The Kier molecular flexibility index (Phi) is 9.93. The molecule has 1 aromatic carbocycles. The predicted octanol–water partition coefficient (Wildman–Crippen LogP) is 1.15. The highest BCUT2D eigenvalue weighted by Crippen LogP contribution is 2.03. The number of benzene rings is 1. The number of rotatable bonds is 6. The molecule has 0 aliphatic heterocycles. The lowest BCUT2D eigenvalue weighted by molar-refractivity contribution is -0.727. The van der Waals surface area contributed by atoms with Gasteiger partial charge in [0.25, 0.3) is 12.6 Å². The number of amides is 2. The van der Waals surface area contributed by atoms with E-state index in [-0.39, 0.29) is 18.7 Å². The maximum Gasteiger partial charge on any atom is 0.412 e. The topological polar surface area (TPSA) is 120 Å². The minimum Gasteiger partial charge on any atom is -0.748 e. The van der Waals surface area contributed by atoms with Gasteiger partial charge >= 0.3 is 6.09 Å². The fourth-order valence-corrected chi connectivity index (χ4v) is 2.38. The molecule has 30 heavy (non-hydrogen) atoms. The van der Waals surface area contributed by atoms with Crippen LogP contribution in [-0.4, -0.2) is 56.3 Å². The summed E-state index contributed by atoms with van der Waals surface area (Å²) in [5.41, 5.74) is 1.69. The van der Waals surface area contributed by atoms with Crippen molar-refractivity contribution < 1.29 is 31.9 Å². The number of carbonyl (C=O) groups is 2. The predicted molar refractivity (Wildman–Crippen MR) is 110 cm³/mol. The number of ether oxygens (including phenoxy) is 1. The molecule has 0 saturated heterocycles. The van der Waals surface area contributed by atoms with Crippen molar-refractivity contribution in [3.63, 3.8) is 0 Å². The first kappa shape index (κ1) is 25.1. The van der Waals surface area contributed by atoms with Crippen LogP contribution in [0.1, 0.15) is 22.8 Å². The molecule has 9 nitrogen and oxygen atoms in total. The molecule has 0 spiro atoms. The number of alkyl carbamates (subject to hydrolysis) is 1. The zero-order valence-corrected chi connectivity index (χ0v) is 18.3. The SMILES string of the molecule is CC(Cc1ccccc1)NC(=O)OC[n+]1cccc(C(=O)N(C)C)c1.CS(=O)(=O)[O-]. The molecule has 0 bridgehead atoms. The highest BCUT2D eigenvalue weighted by atomic mass is 32.2. The summed E-state index contributed by atoms with van der Waals surface area (Å²) >= 11 is 0. The summed E-state index contributed by atoms with van der Waals surface area (Å²) in [4.78, 5) is 25.4. The Bertz CT molecular complexity index is 925. The van der Waals surface area contributed by atoms with E-state index in [4.69, 9.17) is 17.7 Å². The van der Waals surface area contributed by atoms with Crippen LogP contribution in [-0.2, 0) is 28.0 Å². The van der Waals surface area contributed by atoms with E-state index in [0.29, 0.717) is 11.8 Å². The second kappa shape index (κ2) is 11.9. The highest BCUT2D eigenvalue weighted by Gasteiger charge is 2.14. The zero-order chi connectivity index (χ0) is 22.7. The van der Waals surface area contributed by atoms with Gasteiger partial charge in [0.15, 0.2) is 12.4 Å². The van der Waals surface area contributed by atoms with E-state index in [9.17, 15) is 9.59 Å². The third-order valence-electron chi connectivity index (χ3n) is 3.61. The fraction of sp³-hybridized carbons (Fsp3) is 0.350. The molecule has 10 heteroatoms. The van der Waals surface area contributed by atoms with Crippen LogP contribution in [0.4, 0.5) is 4.79 Å². The average Bonchev–Trinajstić information content (AvgIpc) is 2.65. The summed E-state index contributed by atoms with van der Waals surface area (Å²) in [6, 6.07) is 13.4. The summed E-state index contributed by atoms with van der Waals surface area (Å²) < 4.78 is 34.1. The minimum absolute atomic E-state index is 0.0401. The Balaban J connectivity index is 0.000000804. The first-order valence-electron chi connectivity index (χ1n) is 9.04. The average molecular weight is 438 g/mol. The van der Waals surface area contributed by atoms with Gasteiger partial charge in [0.05, 0.1) is 10.1 Å². The molecule has 2 aromatic rings. The molecule has 0 saturated carbocycles. The van der Waals surface area contributed by atoms with Gasteiger partial charge in [-0.3, -0.25) is 4.79 Å². The van der Waals surface area contributed by atoms with Crippen LogP contribution in [0.15, 0.2) is 54.9 Å². The van der Waals surface area contributed by atoms with E-state index in [2.05, 4.69) is 5.32 Å². The number of nitrogens with one attached hydrogen (secondary N) is 1. The fourth-order valence-electron chi connectivity index (χ4n) is 2.38. The Labute approximate surface area is 177 Å². The lowest BCUT2D eigenvalue weighted by atomic mass is 10.1. The van der Waals surface area contributed by atoms with Gasteiger partial charge in [-0.15, -0.1) is 0 Å². The maximum atomic E-state index is 11.9. The van der Waals surface area contributed by atoms with Crippen molar-refractivity contribution in [3.8, 4) is 0 Å². The zero-order valence-electron chi connectivity index (χ0n) is 17.4. The number of carbonyl (C=O) groups excluding carboxylic acids is 2. The van der Waals surface area contributed by atoms with Crippen LogP contribution in [0.2, 0.25) is 0 Å². The van der Waals surface area contributed by atoms with Crippen LogP contribution >= 0.6 is 0 Å². The monoisotopic (exact) mass is 437 g/mol. The molecule has 1 unspecified atom stereocenters. The van der Waals surface area contributed by atoms with Crippen molar-refractivity contribution in [2.45, 2.75) is 26.1 Å². The standard InChI is InChI=1S/C19H23N3O3.CH4O3S/c1-15(12-16-8-5-4-6-9-16)20-19(24)25-14-22-11-7-10-17(13-22)18(23)21(2)3;1-5(2,3)4/h4-11,13,15H,12,14H2,1-3H3;1H3,(H,2,3,4). The van der Waals surface area contributed by atoms with E-state index in [1.807, 2.05) is 37.3 Å². The molecule has 2 rings (SSSR count). The minimum atomic E-state index is -3.92. The van der Waals surface area contributed by atoms with E-state index in [1.54, 1.807) is 43.2 Å². The number of nitrogens with zero attached hydrogens (tertiary/aromatic N) is 2. The van der Waals surface area contributed by atoms with Gasteiger partial charge in [-0.05, 0) is 25.0 Å². The lowest BCUT2D eigenvalue weighted by Gasteiger charge is -2.13. The van der Waals surface area contributed by atoms with Crippen LogP contribution in [0.3, 0.4) is 0 Å². The van der Waals surface area contributed by atoms with Gasteiger partial charge in [-0.2, -0.15) is 4.57 Å². The van der Waals surface area contributed by atoms with E-state index < -0.39 is 16.2 Å². The summed E-state index contributed by atoms with van der Waals surface area (Å²) in [5, 5.41) is 2.80. The van der Waals surface area contributed by atoms with Crippen LogP contribution in [0.25, 0.3) is 0 Å². The summed E-state index contributed by atoms with van der Waals surface area (Å²) in [7, 11) is -0.532. The lowest BCUT2D eigenvalue weighted by Crippen LogP contribution is -2.41. The second-order valence-corrected chi connectivity index (χ2v) is 8.21. The molecule has 0 aliphatic carbocycles. The highest BCUT2D eigenvalue weighted by molar-refractivity contribution is 7.84. The van der Waals surface area contributed by atoms with Crippen molar-refractivity contribution in [1.82, 2.24) is 10.2 Å². The maximum absolute atomic E-state index is 11.9. The molecule has 164 valence electrons. The normalized spacial score (nSPS) is 11.5. The van der Waals surface area contributed by atoms with Crippen molar-refractivity contribution in [2.75, 3.05) is 20.4 Å². The molecule has 2 amide bonds. The van der Waals surface area contributed by atoms with E-state index >= 15 is 0 Å². The number of hydrogen-bond donors (Lipinski definition) is 1. The van der Waals surface area contributed by atoms with Gasteiger partial charge in [-0.1, -0.05) is 30.3 Å². The van der Waals surface area contributed by atoms with Gasteiger partial charge < -0.3 is 19.5 Å². The molecule has 1 heterocycles. The number of aromatic nitrogens is 1. The van der Waals surface area contributed by atoms with Gasteiger partial charge in [0.2, 0.25) is 0 Å². The quantitative estimate of drug-likeness (QED) is 0.535. The largest absolute Gasteiger partial charge is 0.748 e. The number of hydrogen-bond acceptors (Lipinski definition) is 6. The Morgan fingerprint density at radius 3 is 2.33 bits per heavy atom. The van der Waals surface area contributed by atoms with Crippen molar-refractivity contribution in [2.24, 2.45) is 0 Å². The molecular weight excluding hydrogens is 410 g/mol. The molecule has 1 aromatic heterocycles. The van der Waals surface area contributed by atoms with Crippen LogP contribution in [0.5, 0.6) is 0 Å². The van der Waals surface area contributed by atoms with Crippen LogP contribution < -0.4 is 9.88 Å². The summed E-state index contributed by atoms with van der Waals surface area (Å²) in [6.45, 7) is 1.97. The molecule has 0 radical (unpaired) electrons. The molecular formula is C20H27N3O6S. The van der Waals surface area contributed by atoms with Crippen LogP contribution in [0, 0.1) is 0 Å². The summed E-state index contributed by atoms with van der Waals surface area (Å²) in [5.74, 6) is -0.102. The smallest absolute Gasteiger partial charge is 0.412 e. The Hall–Kier alpha value is -2.98. The molecule has 0 fully saturated rings. The van der Waals surface area contributed by atoms with Gasteiger partial charge in [0, 0.05) is 32.5 Å². The third-order valence-corrected chi connectivity index (χ3v) is 3.61. The van der Waals surface area contributed by atoms with E-state index in [0.717, 1.165) is 12.0 Å². The first-order chi connectivity index (χ1) is 14.0. The molecule has 1 atom stereocenters. The molecule has 1 N–H and O–H groups in total.